The van der Waals surface area contributed by atoms with Gasteiger partial charge < -0.3 is 0 Å². The third kappa shape index (κ3) is 71.5. The van der Waals surface area contributed by atoms with E-state index in [9.17, 15) is 3.22 Å². The van der Waals surface area contributed by atoms with E-state index in [0.717, 1.165) is 0 Å². The van der Waals surface area contributed by atoms with Crippen LogP contribution in [0.5, 0.6) is 0 Å². The monoisotopic (exact) mass is 322 g/mol. The van der Waals surface area contributed by atoms with Crippen LogP contribution in [0.25, 0.3) is 0 Å². The van der Waals surface area contributed by atoms with Gasteiger partial charge in [-0.1, -0.05) is 0 Å². The average molecular weight is 322 g/mol. The van der Waals surface area contributed by atoms with Gasteiger partial charge in [0.2, 0.25) is 0 Å². The van der Waals surface area contributed by atoms with Gasteiger partial charge >= 0.3 is 40.7 Å². The van der Waals surface area contributed by atoms with Crippen molar-refractivity contribution in [1.29, 1.82) is 0 Å². The zero-order valence-corrected chi connectivity index (χ0v) is 7.21. The van der Waals surface area contributed by atoms with Crippen LogP contribution >= 0.6 is 0 Å². The fraction of sp³-hybridized carbons (Fsp3) is 0. The molecule has 38 valence electrons. The van der Waals surface area contributed by atoms with Gasteiger partial charge in [-0.3, -0.25) is 0 Å². The van der Waals surface area contributed by atoms with Crippen molar-refractivity contribution in [3.05, 3.63) is 0 Å². The summed E-state index contributed by atoms with van der Waals surface area (Å²) in [5.41, 5.74) is 0. The number of hydrogen-bond acceptors (Lipinski definition) is 0. The van der Waals surface area contributed by atoms with Crippen molar-refractivity contribution in [1.82, 2.24) is 0 Å². The quantitative estimate of drug-likeness (QED) is 0.599. The molecule has 0 aromatic heterocycles. The van der Waals surface area contributed by atoms with Crippen LogP contribution < -0.4 is 0 Å². The van der Waals surface area contributed by atoms with Crippen LogP contribution in [0.2, 0.25) is 0 Å². The SMILES string of the molecule is [F][Ac]([F])([F])([F])[F]. The first kappa shape index (κ1) is 7.09. The zero-order chi connectivity index (χ0) is 5.45. The molecule has 6 heteroatoms. The molecular formula is AcF5. The normalized spacial score (nSPS) is 19.2. The summed E-state index contributed by atoms with van der Waals surface area (Å²) in [4.78, 5) is 0. The standard InChI is InChI=1S/Ac.5FH/h;5*1H/q+5;;;;;/p-5. The molecule has 0 heterocycles. The zero-order valence-electron chi connectivity index (χ0n) is 2.47. The summed E-state index contributed by atoms with van der Waals surface area (Å²) >= 11 is -9.44. The van der Waals surface area contributed by atoms with Gasteiger partial charge in [-0.05, 0) is 0 Å². The number of hydrogen-bond donors (Lipinski definition) is 0. The van der Waals surface area contributed by atoms with Gasteiger partial charge in [0.25, 0.3) is 0 Å². The molecule has 0 aliphatic carbocycles. The molecule has 0 bridgehead atoms. The Morgan fingerprint density at radius 3 is 0.667 bits per heavy atom. The first-order chi connectivity index (χ1) is 2.24. The molecule has 0 unspecified atom stereocenters. The fourth-order valence-corrected chi connectivity index (χ4v) is 0. The maximum absolute atomic E-state index is 9.94. The van der Waals surface area contributed by atoms with E-state index in [1.165, 1.54) is 0 Å². The predicted molar refractivity (Wildman–Crippen MR) is 5.54 cm³/mol. The second kappa shape index (κ2) is 1.28. The first-order valence-corrected chi connectivity index (χ1v) is 10.1. The molecule has 0 saturated carbocycles. The van der Waals surface area contributed by atoms with E-state index in [1.54, 1.807) is 0 Å². The summed E-state index contributed by atoms with van der Waals surface area (Å²) in [5, 5.41) is 0. The van der Waals surface area contributed by atoms with E-state index in [4.69, 9.17) is 0 Å². The molecule has 0 amide bonds. The average Bonchev–Trinajstić information content (AvgIpc) is 0.650. The summed E-state index contributed by atoms with van der Waals surface area (Å²) in [6, 6.07) is 0. The Kier molecular flexibility index (Phi) is 1.52. The molecule has 0 N–H and O–H groups in total. The van der Waals surface area contributed by atoms with Gasteiger partial charge in [-0.2, -0.15) is 0 Å². The van der Waals surface area contributed by atoms with Crippen LogP contribution in [0.1, 0.15) is 0 Å². The van der Waals surface area contributed by atoms with Crippen LogP contribution in [-0.4, -0.2) is 0 Å². The first-order valence-electron chi connectivity index (χ1n) is 1.09. The summed E-state index contributed by atoms with van der Waals surface area (Å²) in [6.45, 7) is 0. The van der Waals surface area contributed by atoms with Crippen molar-refractivity contribution in [2.75, 3.05) is 0 Å². The van der Waals surface area contributed by atoms with Crippen LogP contribution in [0.4, 0.5) is 3.22 Å². The Morgan fingerprint density at radius 2 is 0.667 bits per heavy atom. The molecule has 0 nitrogen and oxygen atoms in total. The van der Waals surface area contributed by atoms with E-state index in [0.29, 0.717) is 0 Å². The molecule has 6 heavy (non-hydrogen) atoms. The fourth-order valence-electron chi connectivity index (χ4n) is 0. The summed E-state index contributed by atoms with van der Waals surface area (Å²) in [6.07, 6.45) is 0. The molecule has 0 spiro atoms. The van der Waals surface area contributed by atoms with Gasteiger partial charge in [0.15, 0.2) is 0 Å². The molecule has 0 aromatic rings. The molecule has 0 atom stereocenters. The van der Waals surface area contributed by atoms with Gasteiger partial charge in [-0.25, -0.2) is 0 Å². The summed E-state index contributed by atoms with van der Waals surface area (Å²) < 4.78 is 49.7. The molecule has 0 fully saturated rings. The molecule has 0 aliphatic heterocycles. The summed E-state index contributed by atoms with van der Waals surface area (Å²) in [7, 11) is 0. The van der Waals surface area contributed by atoms with Crippen molar-refractivity contribution < 1.29 is 40.7 Å². The van der Waals surface area contributed by atoms with Crippen molar-refractivity contribution in [3.8, 4) is 0 Å². The van der Waals surface area contributed by atoms with Gasteiger partial charge in [-0.15, -0.1) is 0 Å². The van der Waals surface area contributed by atoms with Crippen LogP contribution in [-0.2, 0) is 0 Å². The Balaban J connectivity index is 3.73. The van der Waals surface area contributed by atoms with Gasteiger partial charge in [0.1, 0.15) is 0 Å². The maximum atomic E-state index is 9.94. The van der Waals surface area contributed by atoms with E-state index in [1.807, 2.05) is 0 Å². The molecule has 0 saturated heterocycles. The van der Waals surface area contributed by atoms with E-state index in [2.05, 4.69) is 0 Å². The Bertz CT molecular complexity index is 37.1. The Morgan fingerprint density at radius 1 is 0.667 bits per heavy atom. The van der Waals surface area contributed by atoms with E-state index in [-0.39, 0.29) is 0 Å². The van der Waals surface area contributed by atoms with Gasteiger partial charge in [0, 0.05) is 0 Å². The molecule has 0 aliphatic rings. The Hall–Kier alpha value is 1.09. The van der Waals surface area contributed by atoms with Crippen molar-refractivity contribution in [2.24, 2.45) is 0 Å². The molecular weight excluding hydrogens is 322 g/mol. The number of halogens is 5. The molecule has 0 aromatic carbocycles. The molecule has 0 radical (unpaired) electrons. The van der Waals surface area contributed by atoms with Crippen LogP contribution in [0.3, 0.4) is 0 Å². The summed E-state index contributed by atoms with van der Waals surface area (Å²) in [5.74, 6) is 0. The second-order valence-corrected chi connectivity index (χ2v) is 7.60. The van der Waals surface area contributed by atoms with Crippen LogP contribution in [0.15, 0.2) is 0 Å². The van der Waals surface area contributed by atoms with Crippen molar-refractivity contribution in [2.45, 2.75) is 0 Å². The third-order valence-electron chi connectivity index (χ3n) is 0. The number of rotatable bonds is 0. The van der Waals surface area contributed by atoms with Gasteiger partial charge in [0.05, 0.1) is 0 Å². The minimum atomic E-state index is -9.44. The van der Waals surface area contributed by atoms with E-state index >= 15 is 0 Å². The second-order valence-electron chi connectivity index (χ2n) is 0.825. The minimum absolute atomic E-state index is 9.44. The van der Waals surface area contributed by atoms with Crippen molar-refractivity contribution >= 4 is 0 Å². The Labute approximate surface area is 40.2 Å². The van der Waals surface area contributed by atoms with Crippen LogP contribution in [0, 0.1) is 37.5 Å². The predicted octanol–water partition coefficient (Wildman–Crippen LogP) is 2.10. The topological polar surface area (TPSA) is 0 Å². The third-order valence-corrected chi connectivity index (χ3v) is 0. The van der Waals surface area contributed by atoms with Crippen molar-refractivity contribution in [3.63, 3.8) is 0 Å². The molecule has 0 rings (SSSR count). The van der Waals surface area contributed by atoms with E-state index < -0.39 is 37.5 Å².